The van der Waals surface area contributed by atoms with Crippen molar-refractivity contribution in [2.75, 3.05) is 25.0 Å². The van der Waals surface area contributed by atoms with Crippen molar-refractivity contribution < 1.29 is 4.79 Å². The number of carbonyl (C=O) groups excluding carboxylic acids is 1. The van der Waals surface area contributed by atoms with Crippen LogP contribution in [-0.2, 0) is 4.79 Å². The summed E-state index contributed by atoms with van der Waals surface area (Å²) in [5, 5.41) is 2.87. The fourth-order valence-electron chi connectivity index (χ4n) is 1.98. The zero-order chi connectivity index (χ0) is 15.0. The molecule has 0 atom stereocenters. The van der Waals surface area contributed by atoms with Crippen molar-refractivity contribution in [3.8, 4) is 0 Å². The Morgan fingerprint density at radius 1 is 1.35 bits per heavy atom. The molecule has 0 fully saturated rings. The smallest absolute Gasteiger partial charge is 0.224 e. The van der Waals surface area contributed by atoms with Gasteiger partial charge in [0.25, 0.3) is 0 Å². The molecule has 3 N–H and O–H groups in total. The summed E-state index contributed by atoms with van der Waals surface area (Å²) in [7, 11) is 0. The minimum absolute atomic E-state index is 0.0252. The van der Waals surface area contributed by atoms with Gasteiger partial charge in [0.05, 0.1) is 0 Å². The Morgan fingerprint density at radius 2 is 2.05 bits per heavy atom. The predicted octanol–water partition coefficient (Wildman–Crippen LogP) is 2.38. The van der Waals surface area contributed by atoms with Gasteiger partial charge in [-0.1, -0.05) is 38.2 Å². The molecule has 0 aliphatic rings. The lowest BCUT2D eigenvalue weighted by Gasteiger charge is -2.17. The molecule has 0 heterocycles. The molecule has 0 saturated carbocycles. The van der Waals surface area contributed by atoms with E-state index >= 15 is 0 Å². The number of amides is 1. The number of hydrogen-bond acceptors (Lipinski definition) is 3. The molecule has 0 unspecified atom stereocenters. The zero-order valence-corrected chi connectivity index (χ0v) is 13.0. The van der Waals surface area contributed by atoms with Crippen molar-refractivity contribution in [3.63, 3.8) is 0 Å². The number of anilines is 1. The number of hydrogen-bond donors (Lipinski definition) is 2. The van der Waals surface area contributed by atoms with Crippen LogP contribution in [0.3, 0.4) is 0 Å². The van der Waals surface area contributed by atoms with Crippen molar-refractivity contribution in [1.29, 1.82) is 0 Å². The van der Waals surface area contributed by atoms with E-state index in [1.54, 1.807) is 6.07 Å². The average molecular weight is 293 g/mol. The zero-order valence-electron chi connectivity index (χ0n) is 12.2. The molecule has 0 spiro atoms. The van der Waals surface area contributed by atoms with E-state index in [1.807, 2.05) is 18.2 Å². The van der Waals surface area contributed by atoms with Crippen LogP contribution in [0.5, 0.6) is 0 Å². The van der Waals surface area contributed by atoms with Crippen LogP contribution in [-0.4, -0.2) is 35.4 Å². The van der Waals surface area contributed by atoms with Crippen molar-refractivity contribution in [3.05, 3.63) is 29.8 Å². The summed E-state index contributed by atoms with van der Waals surface area (Å²) in [4.78, 5) is 14.5. The van der Waals surface area contributed by atoms with E-state index in [1.165, 1.54) is 0 Å². The van der Waals surface area contributed by atoms with Crippen LogP contribution in [0.1, 0.15) is 32.3 Å². The number of nitrogens with one attached hydrogen (secondary N) is 1. The van der Waals surface area contributed by atoms with E-state index in [9.17, 15) is 4.79 Å². The van der Waals surface area contributed by atoms with Gasteiger partial charge in [-0.3, -0.25) is 4.79 Å². The second kappa shape index (κ2) is 8.66. The van der Waals surface area contributed by atoms with Gasteiger partial charge in [-0.2, -0.15) is 0 Å². The Kier molecular flexibility index (Phi) is 7.18. The molecule has 0 bridgehead atoms. The first-order valence-electron chi connectivity index (χ1n) is 6.98. The van der Waals surface area contributed by atoms with E-state index < -0.39 is 0 Å². The topological polar surface area (TPSA) is 58.4 Å². The first-order valence-corrected chi connectivity index (χ1v) is 7.39. The van der Waals surface area contributed by atoms with Gasteiger partial charge in [-0.15, -0.1) is 0 Å². The third kappa shape index (κ3) is 5.67. The van der Waals surface area contributed by atoms with E-state index in [0.717, 1.165) is 37.3 Å². The van der Waals surface area contributed by atoms with Crippen molar-refractivity contribution in [2.45, 2.75) is 26.7 Å². The summed E-state index contributed by atoms with van der Waals surface area (Å²) in [6.45, 7) is 7.26. The number of benzene rings is 1. The number of nitrogens with two attached hydrogens (primary N) is 1. The van der Waals surface area contributed by atoms with Crippen LogP contribution < -0.4 is 11.1 Å². The van der Waals surface area contributed by atoms with Crippen LogP contribution in [0, 0.1) is 0 Å². The first kappa shape index (κ1) is 16.6. The molecule has 0 aromatic heterocycles. The molecule has 5 heteroatoms. The highest BCUT2D eigenvalue weighted by molar-refractivity contribution is 7.80. The summed E-state index contributed by atoms with van der Waals surface area (Å²) >= 11 is 4.92. The molecule has 0 radical (unpaired) electrons. The predicted molar refractivity (Wildman–Crippen MR) is 88.0 cm³/mol. The van der Waals surface area contributed by atoms with E-state index in [-0.39, 0.29) is 5.91 Å². The molecule has 4 nitrogen and oxygen atoms in total. The van der Waals surface area contributed by atoms with E-state index in [0.29, 0.717) is 11.4 Å². The van der Waals surface area contributed by atoms with Crippen molar-refractivity contribution >= 4 is 28.8 Å². The van der Waals surface area contributed by atoms with Gasteiger partial charge in [0, 0.05) is 17.7 Å². The normalized spacial score (nSPS) is 10.6. The Balaban J connectivity index is 2.42. The van der Waals surface area contributed by atoms with Crippen molar-refractivity contribution in [2.24, 2.45) is 5.73 Å². The molecular formula is C15H23N3OS. The maximum absolute atomic E-state index is 11.9. The van der Waals surface area contributed by atoms with Gasteiger partial charge in [0.1, 0.15) is 4.99 Å². The molecule has 1 aromatic carbocycles. The summed E-state index contributed by atoms with van der Waals surface area (Å²) < 4.78 is 0. The third-order valence-electron chi connectivity index (χ3n) is 3.20. The van der Waals surface area contributed by atoms with Gasteiger partial charge < -0.3 is 16.0 Å². The maximum Gasteiger partial charge on any atom is 0.224 e. The second-order valence-electron chi connectivity index (χ2n) is 4.62. The third-order valence-corrected chi connectivity index (χ3v) is 3.44. The monoisotopic (exact) mass is 293 g/mol. The maximum atomic E-state index is 11.9. The highest BCUT2D eigenvalue weighted by atomic mass is 32.1. The number of thiocarbonyl (C=S) groups is 1. The Bertz CT molecular complexity index is 458. The summed E-state index contributed by atoms with van der Waals surface area (Å²) in [6.07, 6.45) is 1.39. The SMILES string of the molecule is CCN(CC)CCCC(=O)Nc1cccc(C(N)=S)c1. The van der Waals surface area contributed by atoms with E-state index in [2.05, 4.69) is 24.1 Å². The largest absolute Gasteiger partial charge is 0.389 e. The van der Waals surface area contributed by atoms with Crippen LogP contribution in [0.4, 0.5) is 5.69 Å². The van der Waals surface area contributed by atoms with Crippen LogP contribution in [0.15, 0.2) is 24.3 Å². The molecular weight excluding hydrogens is 270 g/mol. The lowest BCUT2D eigenvalue weighted by atomic mass is 10.2. The molecule has 1 rings (SSSR count). The minimum atomic E-state index is 0.0252. The number of rotatable bonds is 8. The molecule has 0 saturated heterocycles. The van der Waals surface area contributed by atoms with Gasteiger partial charge in [-0.25, -0.2) is 0 Å². The van der Waals surface area contributed by atoms with Gasteiger partial charge in [0.15, 0.2) is 0 Å². The average Bonchev–Trinajstić information content (AvgIpc) is 2.44. The quantitative estimate of drug-likeness (QED) is 0.723. The fourth-order valence-corrected chi connectivity index (χ4v) is 2.10. The number of nitrogens with zero attached hydrogens (tertiary/aromatic N) is 1. The second-order valence-corrected chi connectivity index (χ2v) is 5.06. The summed E-state index contributed by atoms with van der Waals surface area (Å²) in [6, 6.07) is 7.30. The van der Waals surface area contributed by atoms with Gasteiger partial charge >= 0.3 is 0 Å². The van der Waals surface area contributed by atoms with Crippen LogP contribution >= 0.6 is 12.2 Å². The van der Waals surface area contributed by atoms with E-state index in [4.69, 9.17) is 18.0 Å². The summed E-state index contributed by atoms with van der Waals surface area (Å²) in [5.41, 5.74) is 7.07. The molecule has 0 aliphatic heterocycles. The lowest BCUT2D eigenvalue weighted by Crippen LogP contribution is -2.25. The van der Waals surface area contributed by atoms with Gasteiger partial charge in [-0.05, 0) is 38.2 Å². The summed E-state index contributed by atoms with van der Waals surface area (Å²) in [5.74, 6) is 0.0252. The first-order chi connectivity index (χ1) is 9.56. The minimum Gasteiger partial charge on any atom is -0.389 e. The van der Waals surface area contributed by atoms with Crippen LogP contribution in [0.2, 0.25) is 0 Å². The highest BCUT2D eigenvalue weighted by Gasteiger charge is 2.05. The Hall–Kier alpha value is -1.46. The standard InChI is InChI=1S/C15H23N3OS/c1-3-18(4-2)10-6-9-14(19)17-13-8-5-7-12(11-13)15(16)20/h5,7-8,11H,3-4,6,9-10H2,1-2H3,(H2,16,20)(H,17,19). The number of carbonyl (C=O) groups is 1. The van der Waals surface area contributed by atoms with Crippen molar-refractivity contribution in [1.82, 2.24) is 4.90 Å². The molecule has 0 aliphatic carbocycles. The van der Waals surface area contributed by atoms with Crippen LogP contribution in [0.25, 0.3) is 0 Å². The highest BCUT2D eigenvalue weighted by Crippen LogP contribution is 2.11. The molecule has 110 valence electrons. The molecule has 1 amide bonds. The Labute approximate surface area is 126 Å². The molecule has 1 aromatic rings. The fraction of sp³-hybridized carbons (Fsp3) is 0.467. The lowest BCUT2D eigenvalue weighted by molar-refractivity contribution is -0.116. The molecule has 20 heavy (non-hydrogen) atoms. The Morgan fingerprint density at radius 3 is 2.65 bits per heavy atom. The van der Waals surface area contributed by atoms with Gasteiger partial charge in [0.2, 0.25) is 5.91 Å².